The molecule has 5 nitrogen and oxygen atoms in total. The molecule has 0 radical (unpaired) electrons. The molecule has 0 amide bonds. The quantitative estimate of drug-likeness (QED) is 0.101. The van der Waals surface area contributed by atoms with E-state index in [1.54, 1.807) is 18.2 Å². The number of hydrogen-bond donors (Lipinski definition) is 0. The van der Waals surface area contributed by atoms with Crippen LogP contribution in [0.15, 0.2) is 34.7 Å². The van der Waals surface area contributed by atoms with Crippen molar-refractivity contribution in [1.82, 2.24) is 0 Å². The molecule has 0 N–H and O–H groups in total. The van der Waals surface area contributed by atoms with Crippen LogP contribution in [0.3, 0.4) is 0 Å². The molecule has 2 aromatic carbocycles. The van der Waals surface area contributed by atoms with Gasteiger partial charge in [-0.1, -0.05) is 71.8 Å². The minimum atomic E-state index is -3.21. The first-order valence-electron chi connectivity index (χ1n) is 14.5. The van der Waals surface area contributed by atoms with Crippen LogP contribution in [-0.4, -0.2) is 27.1 Å². The normalized spacial score (nSPS) is 12.0. The monoisotopic (exact) mass is 792 g/mol. The summed E-state index contributed by atoms with van der Waals surface area (Å²) in [5.41, 5.74) is 2.38. The molecule has 0 saturated heterocycles. The van der Waals surface area contributed by atoms with E-state index in [0.717, 1.165) is 32.2 Å². The Bertz CT molecular complexity index is 1360. The summed E-state index contributed by atoms with van der Waals surface area (Å²) in [5.74, 6) is 2.00. The summed E-state index contributed by atoms with van der Waals surface area (Å²) in [6.45, 7) is 7.27. The Morgan fingerprint density at radius 2 is 1.55 bits per heavy atom. The largest absolute Gasteiger partial charge is 0.491 e. The molecule has 0 spiro atoms. The van der Waals surface area contributed by atoms with Crippen LogP contribution in [0.2, 0.25) is 0 Å². The summed E-state index contributed by atoms with van der Waals surface area (Å²) < 4.78 is 38.1. The highest BCUT2D eigenvalue weighted by atomic mass is 127. The summed E-state index contributed by atoms with van der Waals surface area (Å²) in [6, 6.07) is 9.13. The van der Waals surface area contributed by atoms with E-state index in [2.05, 4.69) is 66.0 Å². The second-order valence-corrected chi connectivity index (χ2v) is 15.3. The number of unbranched alkanes of at least 4 members (excludes halogenated alkanes) is 3. The topological polar surface area (TPSA) is 73.6 Å². The van der Waals surface area contributed by atoms with E-state index in [-0.39, 0.29) is 11.5 Å². The lowest BCUT2D eigenvalue weighted by atomic mass is 9.93. The number of fused-ring (bicyclic) bond motifs is 1. The van der Waals surface area contributed by atoms with Crippen LogP contribution >= 0.6 is 45.2 Å². The second-order valence-electron chi connectivity index (χ2n) is 10.8. The van der Waals surface area contributed by atoms with Gasteiger partial charge < -0.3 is 9.15 Å². The lowest BCUT2D eigenvalue weighted by molar-refractivity contribution is 0.103. The zero-order valence-corrected chi connectivity index (χ0v) is 29.3. The van der Waals surface area contributed by atoms with Crippen molar-refractivity contribution in [1.29, 1.82) is 0 Å². The SMILES string of the molecule is CCCCc1oc2ccc(CS(C)(=O)=O)cc2c1C(=O)c1cc(I)c(OCCC(CCCC)CCCC)c(I)c1. The number of benzene rings is 2. The third-order valence-corrected chi connectivity index (χ3v) is 9.66. The molecule has 0 aliphatic carbocycles. The van der Waals surface area contributed by atoms with Crippen molar-refractivity contribution < 1.29 is 22.4 Å². The number of aryl methyl sites for hydroxylation is 1. The molecule has 0 atom stereocenters. The molecule has 8 heteroatoms. The number of ether oxygens (including phenoxy) is 1. The first kappa shape index (κ1) is 33.4. The first-order valence-corrected chi connectivity index (χ1v) is 18.7. The van der Waals surface area contributed by atoms with Crippen LogP contribution in [0.25, 0.3) is 11.0 Å². The molecule has 0 unspecified atom stereocenters. The second kappa shape index (κ2) is 15.9. The molecule has 0 saturated carbocycles. The van der Waals surface area contributed by atoms with E-state index in [1.807, 2.05) is 12.1 Å². The minimum absolute atomic E-state index is 0.0778. The maximum Gasteiger partial charge on any atom is 0.197 e. The molecule has 40 heavy (non-hydrogen) atoms. The van der Waals surface area contributed by atoms with Crippen molar-refractivity contribution in [2.24, 2.45) is 5.92 Å². The van der Waals surface area contributed by atoms with E-state index in [4.69, 9.17) is 9.15 Å². The standard InChI is InChI=1S/C32H42I2O5S/c1-5-8-11-22(12-9-6-2)16-17-38-32-26(33)19-24(20-27(32)34)31(35)30-25-18-23(21-40(4,36)37)14-15-28(25)39-29(30)13-10-7-3/h14-15,18-20,22H,5-13,16-17,21H2,1-4H3. The van der Waals surface area contributed by atoms with Gasteiger partial charge in [0.2, 0.25) is 0 Å². The highest BCUT2D eigenvalue weighted by Crippen LogP contribution is 2.34. The molecular weight excluding hydrogens is 750 g/mol. The van der Waals surface area contributed by atoms with Gasteiger partial charge >= 0.3 is 0 Å². The number of halogens is 2. The Labute approximate surface area is 267 Å². The smallest absolute Gasteiger partial charge is 0.197 e. The lowest BCUT2D eigenvalue weighted by Gasteiger charge is -2.18. The van der Waals surface area contributed by atoms with Crippen molar-refractivity contribution in [2.45, 2.75) is 90.7 Å². The van der Waals surface area contributed by atoms with Crippen LogP contribution in [-0.2, 0) is 22.0 Å². The number of hydrogen-bond acceptors (Lipinski definition) is 5. The van der Waals surface area contributed by atoms with E-state index in [9.17, 15) is 13.2 Å². The fourth-order valence-electron chi connectivity index (χ4n) is 5.07. The van der Waals surface area contributed by atoms with Gasteiger partial charge in [-0.2, -0.15) is 0 Å². The van der Waals surface area contributed by atoms with E-state index in [1.165, 1.54) is 44.8 Å². The van der Waals surface area contributed by atoms with Crippen molar-refractivity contribution >= 4 is 71.8 Å². The third-order valence-electron chi connectivity index (χ3n) is 7.20. The van der Waals surface area contributed by atoms with Gasteiger partial charge in [0.05, 0.1) is 25.1 Å². The average Bonchev–Trinajstić information content (AvgIpc) is 3.25. The predicted octanol–water partition coefficient (Wildman–Crippen LogP) is 9.53. The number of furan rings is 1. The van der Waals surface area contributed by atoms with Crippen LogP contribution < -0.4 is 4.74 Å². The zero-order chi connectivity index (χ0) is 29.3. The summed E-state index contributed by atoms with van der Waals surface area (Å²) in [5, 5.41) is 0.674. The molecule has 220 valence electrons. The summed E-state index contributed by atoms with van der Waals surface area (Å²) >= 11 is 4.52. The summed E-state index contributed by atoms with van der Waals surface area (Å²) in [7, 11) is -3.21. The number of ketones is 1. The van der Waals surface area contributed by atoms with Gasteiger partial charge in [0.1, 0.15) is 17.1 Å². The fraction of sp³-hybridized carbons (Fsp3) is 0.531. The van der Waals surface area contributed by atoms with E-state index in [0.29, 0.717) is 52.4 Å². The third kappa shape index (κ3) is 9.44. The molecule has 0 bridgehead atoms. The molecule has 0 aliphatic rings. The van der Waals surface area contributed by atoms with E-state index >= 15 is 0 Å². The summed E-state index contributed by atoms with van der Waals surface area (Å²) in [6.07, 6.45) is 12.3. The zero-order valence-electron chi connectivity index (χ0n) is 24.2. The first-order chi connectivity index (χ1) is 19.1. The maximum absolute atomic E-state index is 14.0. The Morgan fingerprint density at radius 1 is 0.925 bits per heavy atom. The summed E-state index contributed by atoms with van der Waals surface area (Å²) in [4.78, 5) is 14.0. The molecular formula is C32H42I2O5S. The Morgan fingerprint density at radius 3 is 2.12 bits per heavy atom. The van der Waals surface area contributed by atoms with Crippen LogP contribution in [0, 0.1) is 13.1 Å². The van der Waals surface area contributed by atoms with Crippen molar-refractivity contribution in [3.8, 4) is 5.75 Å². The van der Waals surface area contributed by atoms with Crippen molar-refractivity contribution in [2.75, 3.05) is 12.9 Å². The van der Waals surface area contributed by atoms with Crippen molar-refractivity contribution in [3.63, 3.8) is 0 Å². The minimum Gasteiger partial charge on any atom is -0.491 e. The molecule has 3 aromatic rings. The Hall–Kier alpha value is -1.14. The Kier molecular flexibility index (Phi) is 13.3. The number of sulfone groups is 1. The molecule has 0 fully saturated rings. The molecule has 1 aromatic heterocycles. The number of carbonyl (C=O) groups is 1. The average molecular weight is 793 g/mol. The molecule has 0 aliphatic heterocycles. The Balaban J connectivity index is 1.88. The van der Waals surface area contributed by atoms with Crippen LogP contribution in [0.5, 0.6) is 5.75 Å². The number of carbonyl (C=O) groups excluding carboxylic acids is 1. The lowest BCUT2D eigenvalue weighted by Crippen LogP contribution is -2.10. The molecule has 3 rings (SSSR count). The van der Waals surface area contributed by atoms with Gasteiger partial charge in [-0.05, 0) is 93.8 Å². The molecule has 1 heterocycles. The maximum atomic E-state index is 14.0. The van der Waals surface area contributed by atoms with Gasteiger partial charge in [0, 0.05) is 23.6 Å². The number of rotatable bonds is 17. The highest BCUT2D eigenvalue weighted by molar-refractivity contribution is 14.1. The fourth-order valence-corrected chi connectivity index (χ4v) is 7.93. The van der Waals surface area contributed by atoms with Crippen LogP contribution in [0.4, 0.5) is 0 Å². The van der Waals surface area contributed by atoms with E-state index < -0.39 is 9.84 Å². The van der Waals surface area contributed by atoms with Gasteiger partial charge in [-0.3, -0.25) is 4.79 Å². The van der Waals surface area contributed by atoms with Gasteiger partial charge in [-0.15, -0.1) is 0 Å². The highest BCUT2D eigenvalue weighted by Gasteiger charge is 2.24. The van der Waals surface area contributed by atoms with Gasteiger partial charge in [0.15, 0.2) is 15.6 Å². The predicted molar refractivity (Wildman–Crippen MR) is 181 cm³/mol. The van der Waals surface area contributed by atoms with Gasteiger partial charge in [0.25, 0.3) is 0 Å². The van der Waals surface area contributed by atoms with Gasteiger partial charge in [-0.25, -0.2) is 8.42 Å². The van der Waals surface area contributed by atoms with Crippen LogP contribution in [0.1, 0.15) is 106 Å². The van der Waals surface area contributed by atoms with Crippen molar-refractivity contribution in [3.05, 3.63) is 59.9 Å².